The van der Waals surface area contributed by atoms with Crippen LogP contribution < -0.4 is 0 Å². The zero-order valence-corrected chi connectivity index (χ0v) is 12.6. The number of nitrogens with zero attached hydrogens (tertiary/aromatic N) is 5. The minimum Gasteiger partial charge on any atom is -0.356 e. The molecule has 0 N–H and O–H groups in total. The average molecular weight is 324 g/mol. The highest BCUT2D eigenvalue weighted by Crippen LogP contribution is 2.31. The maximum atomic E-state index is 5.93. The summed E-state index contributed by atoms with van der Waals surface area (Å²) in [5.74, 6) is 1.15. The lowest BCUT2D eigenvalue weighted by molar-refractivity contribution is 0.432. The van der Waals surface area contributed by atoms with Crippen molar-refractivity contribution in [3.8, 4) is 28.4 Å². The Balaban J connectivity index is 1.84. The van der Waals surface area contributed by atoms with E-state index in [1.807, 2.05) is 42.5 Å². The Bertz CT molecular complexity index is 931. The van der Waals surface area contributed by atoms with Crippen LogP contribution in [-0.4, -0.2) is 25.4 Å². The van der Waals surface area contributed by atoms with E-state index in [9.17, 15) is 0 Å². The number of hydrogen-bond acceptors (Lipinski definition) is 5. The van der Waals surface area contributed by atoms with Gasteiger partial charge in [0.2, 0.25) is 0 Å². The first-order chi connectivity index (χ1) is 11.3. The Labute approximate surface area is 136 Å². The summed E-state index contributed by atoms with van der Waals surface area (Å²) in [6, 6.07) is 17.0. The van der Waals surface area contributed by atoms with Crippen molar-refractivity contribution in [1.29, 1.82) is 0 Å². The minimum atomic E-state index is 0.558. The number of para-hydroxylation sites is 1. The molecule has 4 rings (SSSR count). The van der Waals surface area contributed by atoms with Crippen LogP contribution in [0.5, 0.6) is 0 Å². The first-order valence-corrected chi connectivity index (χ1v) is 7.25. The average Bonchev–Trinajstić information content (AvgIpc) is 3.25. The van der Waals surface area contributed by atoms with Gasteiger partial charge in [-0.3, -0.25) is 0 Å². The predicted molar refractivity (Wildman–Crippen MR) is 85.1 cm³/mol. The highest BCUT2D eigenvalue weighted by atomic mass is 35.5. The zero-order chi connectivity index (χ0) is 15.6. The van der Waals surface area contributed by atoms with Crippen LogP contribution in [0.4, 0.5) is 0 Å². The molecule has 0 saturated heterocycles. The third kappa shape index (κ3) is 2.49. The molecule has 0 fully saturated rings. The van der Waals surface area contributed by atoms with Gasteiger partial charge in [0.15, 0.2) is 11.6 Å². The van der Waals surface area contributed by atoms with Crippen molar-refractivity contribution in [2.45, 2.75) is 0 Å². The third-order valence-corrected chi connectivity index (χ3v) is 3.64. The van der Waals surface area contributed by atoms with E-state index in [0.717, 1.165) is 11.3 Å². The summed E-state index contributed by atoms with van der Waals surface area (Å²) in [6.45, 7) is 0. The highest BCUT2D eigenvalue weighted by Gasteiger charge is 2.19. The summed E-state index contributed by atoms with van der Waals surface area (Å²) in [4.78, 5) is 0. The predicted octanol–water partition coefficient (Wildman–Crippen LogP) is 3.64. The summed E-state index contributed by atoms with van der Waals surface area (Å²) in [6.07, 6.45) is 1.61. The van der Waals surface area contributed by atoms with Crippen molar-refractivity contribution in [3.05, 3.63) is 65.8 Å². The molecule has 23 heavy (non-hydrogen) atoms. The van der Waals surface area contributed by atoms with E-state index in [0.29, 0.717) is 22.2 Å². The topological polar surface area (TPSA) is 69.6 Å². The Morgan fingerprint density at radius 3 is 2.52 bits per heavy atom. The second kappa shape index (κ2) is 5.66. The molecule has 2 aromatic carbocycles. The molecule has 0 bridgehead atoms. The van der Waals surface area contributed by atoms with Crippen LogP contribution in [0.1, 0.15) is 0 Å². The van der Waals surface area contributed by atoms with Crippen molar-refractivity contribution < 1.29 is 4.52 Å². The van der Waals surface area contributed by atoms with Crippen LogP contribution in [0.3, 0.4) is 0 Å². The monoisotopic (exact) mass is 323 g/mol. The van der Waals surface area contributed by atoms with Crippen LogP contribution in [0, 0.1) is 0 Å². The lowest BCUT2D eigenvalue weighted by atomic mass is 10.1. The molecule has 0 aliphatic heterocycles. The molecule has 6 nitrogen and oxygen atoms in total. The van der Waals surface area contributed by atoms with E-state index in [1.54, 1.807) is 23.0 Å². The molecule has 7 heteroatoms. The summed E-state index contributed by atoms with van der Waals surface area (Å²) in [7, 11) is 0. The van der Waals surface area contributed by atoms with Gasteiger partial charge in [0.25, 0.3) is 0 Å². The molecular weight excluding hydrogens is 314 g/mol. The molecule has 2 heterocycles. The number of tetrazole rings is 1. The first-order valence-electron chi connectivity index (χ1n) is 6.88. The molecule has 4 aromatic rings. The molecule has 0 atom stereocenters. The van der Waals surface area contributed by atoms with Crippen LogP contribution in [0.15, 0.2) is 65.3 Å². The SMILES string of the molecule is Clc1ccc(-c2oncc2-c2nnnn2-c2ccccc2)cc1. The van der Waals surface area contributed by atoms with Crippen LogP contribution in [-0.2, 0) is 0 Å². The third-order valence-electron chi connectivity index (χ3n) is 3.39. The standard InChI is InChI=1S/C16H10ClN5O/c17-12-8-6-11(7-9-12)15-14(10-18-23-15)16-19-20-21-22(16)13-4-2-1-3-5-13/h1-10H. The van der Waals surface area contributed by atoms with Gasteiger partial charge in [-0.2, -0.15) is 4.68 Å². The molecule has 112 valence electrons. The lowest BCUT2D eigenvalue weighted by Crippen LogP contribution is -1.99. The number of hydrogen-bond donors (Lipinski definition) is 0. The van der Waals surface area contributed by atoms with Gasteiger partial charge in [-0.15, -0.1) is 5.10 Å². The van der Waals surface area contributed by atoms with Gasteiger partial charge < -0.3 is 4.52 Å². The summed E-state index contributed by atoms with van der Waals surface area (Å²) < 4.78 is 7.05. The molecule has 0 aliphatic carbocycles. The van der Waals surface area contributed by atoms with E-state index < -0.39 is 0 Å². The Hall–Kier alpha value is -2.99. The smallest absolute Gasteiger partial charge is 0.192 e. The molecular formula is C16H10ClN5O. The largest absolute Gasteiger partial charge is 0.356 e. The van der Waals surface area contributed by atoms with Crippen molar-refractivity contribution in [2.75, 3.05) is 0 Å². The minimum absolute atomic E-state index is 0.558. The zero-order valence-electron chi connectivity index (χ0n) is 11.8. The molecule has 0 aliphatic rings. The summed E-state index contributed by atoms with van der Waals surface area (Å²) in [5.41, 5.74) is 2.42. The lowest BCUT2D eigenvalue weighted by Gasteiger charge is -2.04. The van der Waals surface area contributed by atoms with E-state index in [1.165, 1.54) is 0 Å². The first kappa shape index (κ1) is 13.7. The van der Waals surface area contributed by atoms with E-state index >= 15 is 0 Å². The van der Waals surface area contributed by atoms with Crippen molar-refractivity contribution >= 4 is 11.6 Å². The van der Waals surface area contributed by atoms with Gasteiger partial charge in [0.05, 0.1) is 17.4 Å². The molecule has 0 amide bonds. The van der Waals surface area contributed by atoms with Gasteiger partial charge in [0, 0.05) is 10.6 Å². The molecule has 0 saturated carbocycles. The Kier molecular flexibility index (Phi) is 3.36. The summed E-state index contributed by atoms with van der Waals surface area (Å²) in [5, 5.41) is 16.5. The Morgan fingerprint density at radius 1 is 0.957 bits per heavy atom. The van der Waals surface area contributed by atoms with Gasteiger partial charge in [-0.25, -0.2) is 0 Å². The van der Waals surface area contributed by atoms with Gasteiger partial charge in [-0.05, 0) is 46.8 Å². The van der Waals surface area contributed by atoms with Crippen molar-refractivity contribution in [1.82, 2.24) is 25.4 Å². The fourth-order valence-corrected chi connectivity index (χ4v) is 2.43. The molecule has 0 unspecified atom stereocenters. The fraction of sp³-hybridized carbons (Fsp3) is 0. The van der Waals surface area contributed by atoms with Gasteiger partial charge in [0.1, 0.15) is 0 Å². The van der Waals surface area contributed by atoms with E-state index in [4.69, 9.17) is 16.1 Å². The van der Waals surface area contributed by atoms with Crippen LogP contribution >= 0.6 is 11.6 Å². The van der Waals surface area contributed by atoms with Crippen LogP contribution in [0.2, 0.25) is 5.02 Å². The van der Waals surface area contributed by atoms with E-state index in [2.05, 4.69) is 20.7 Å². The molecule has 0 spiro atoms. The van der Waals surface area contributed by atoms with Gasteiger partial charge >= 0.3 is 0 Å². The number of aromatic nitrogens is 5. The van der Waals surface area contributed by atoms with Crippen LogP contribution in [0.25, 0.3) is 28.4 Å². The van der Waals surface area contributed by atoms with E-state index in [-0.39, 0.29) is 0 Å². The van der Waals surface area contributed by atoms with Gasteiger partial charge in [-0.1, -0.05) is 35.0 Å². The van der Waals surface area contributed by atoms with Crippen molar-refractivity contribution in [2.24, 2.45) is 0 Å². The Morgan fingerprint density at radius 2 is 1.74 bits per heavy atom. The normalized spacial score (nSPS) is 10.8. The fourth-order valence-electron chi connectivity index (χ4n) is 2.31. The second-order valence-corrected chi connectivity index (χ2v) is 5.26. The number of benzene rings is 2. The number of halogens is 1. The molecule has 2 aromatic heterocycles. The highest BCUT2D eigenvalue weighted by molar-refractivity contribution is 6.30. The van der Waals surface area contributed by atoms with Crippen molar-refractivity contribution in [3.63, 3.8) is 0 Å². The maximum absolute atomic E-state index is 5.93. The summed E-state index contributed by atoms with van der Waals surface area (Å²) >= 11 is 5.93. The molecule has 0 radical (unpaired) electrons. The maximum Gasteiger partial charge on any atom is 0.192 e. The number of rotatable bonds is 3. The quantitative estimate of drug-likeness (QED) is 0.575. The second-order valence-electron chi connectivity index (χ2n) is 4.83.